The molecular weight excluding hydrogens is 599 g/mol. The molecule has 7 aromatic carbocycles. The third-order valence-electron chi connectivity index (χ3n) is 8.98. The molecule has 49 heavy (non-hydrogen) atoms. The van der Waals surface area contributed by atoms with Gasteiger partial charge in [-0.3, -0.25) is 0 Å². The number of hydrogen-bond donors (Lipinski definition) is 0. The predicted molar refractivity (Wildman–Crippen MR) is 200 cm³/mol. The summed E-state index contributed by atoms with van der Waals surface area (Å²) >= 11 is 0. The van der Waals surface area contributed by atoms with Gasteiger partial charge in [-0.25, -0.2) is 15.0 Å². The molecule has 0 amide bonds. The molecule has 0 aliphatic carbocycles. The molecule has 0 saturated heterocycles. The Morgan fingerprint density at radius 3 is 1.27 bits per heavy atom. The third-order valence-corrected chi connectivity index (χ3v) is 8.98. The highest BCUT2D eigenvalue weighted by Crippen LogP contribution is 2.38. The zero-order valence-electron chi connectivity index (χ0n) is 26.5. The Labute approximate surface area is 284 Å². The Kier molecular flexibility index (Phi) is 7.10. The topological polar surface area (TPSA) is 51.8 Å². The van der Waals surface area contributed by atoms with Gasteiger partial charge in [0.05, 0.1) is 0 Å². The smallest absolute Gasteiger partial charge is 0.164 e. The number of nitrogens with zero attached hydrogens (tertiary/aromatic N) is 3. The van der Waals surface area contributed by atoms with Crippen LogP contribution in [0.2, 0.25) is 0 Å². The summed E-state index contributed by atoms with van der Waals surface area (Å²) in [4.78, 5) is 14.7. The first-order valence-corrected chi connectivity index (χ1v) is 16.4. The minimum atomic E-state index is 0.600. The first kappa shape index (κ1) is 28.6. The quantitative estimate of drug-likeness (QED) is 0.184. The molecule has 0 fully saturated rings. The maximum absolute atomic E-state index is 6.63. The predicted octanol–water partition coefficient (Wildman–Crippen LogP) is 11.8. The molecule has 0 atom stereocenters. The molecule has 9 rings (SSSR count). The molecule has 0 unspecified atom stereocenters. The van der Waals surface area contributed by atoms with Gasteiger partial charge in [-0.2, -0.15) is 0 Å². The van der Waals surface area contributed by atoms with Crippen molar-refractivity contribution in [2.24, 2.45) is 0 Å². The lowest BCUT2D eigenvalue weighted by Crippen LogP contribution is -2.00. The average Bonchev–Trinajstić information content (AvgIpc) is 3.57. The lowest BCUT2D eigenvalue weighted by molar-refractivity contribution is 0.670. The van der Waals surface area contributed by atoms with Crippen LogP contribution in [-0.2, 0) is 0 Å². The van der Waals surface area contributed by atoms with E-state index in [1.807, 2.05) is 72.8 Å². The molecule has 2 aromatic heterocycles. The van der Waals surface area contributed by atoms with E-state index in [4.69, 9.17) is 19.4 Å². The standard InChI is InChI=1S/C45H29N3O/c1-4-11-30(12-5-1)31-19-21-32(22-20-31)33-23-25-34(26-24-33)38-17-10-18-40-39-28-27-37(29-41(39)49-42(38)40)45-47-43(35-13-6-2-7-14-35)46-44(48-45)36-15-8-3-9-16-36/h1-29H. The van der Waals surface area contributed by atoms with Gasteiger partial charge in [-0.1, -0.05) is 164 Å². The van der Waals surface area contributed by atoms with Crippen molar-refractivity contribution in [2.75, 3.05) is 0 Å². The van der Waals surface area contributed by atoms with Gasteiger partial charge >= 0.3 is 0 Å². The van der Waals surface area contributed by atoms with Crippen LogP contribution in [0, 0.1) is 0 Å². The van der Waals surface area contributed by atoms with Crippen LogP contribution in [0.1, 0.15) is 0 Å². The fourth-order valence-corrected chi connectivity index (χ4v) is 6.43. The second-order valence-corrected chi connectivity index (χ2v) is 12.1. The van der Waals surface area contributed by atoms with E-state index in [1.54, 1.807) is 0 Å². The van der Waals surface area contributed by atoms with Gasteiger partial charge in [0.2, 0.25) is 0 Å². The first-order chi connectivity index (χ1) is 24.3. The first-order valence-electron chi connectivity index (χ1n) is 16.4. The Balaban J connectivity index is 1.08. The van der Waals surface area contributed by atoms with Crippen molar-refractivity contribution in [3.63, 3.8) is 0 Å². The molecule has 4 nitrogen and oxygen atoms in total. The molecule has 0 N–H and O–H groups in total. The van der Waals surface area contributed by atoms with E-state index in [9.17, 15) is 0 Å². The van der Waals surface area contributed by atoms with Crippen LogP contribution in [0.15, 0.2) is 180 Å². The summed E-state index contributed by atoms with van der Waals surface area (Å²) in [7, 11) is 0. The second-order valence-electron chi connectivity index (χ2n) is 12.1. The van der Waals surface area contributed by atoms with Gasteiger partial charge in [0.25, 0.3) is 0 Å². The number of fused-ring (bicyclic) bond motifs is 3. The Morgan fingerprint density at radius 2 is 0.735 bits per heavy atom. The number of aromatic nitrogens is 3. The van der Waals surface area contributed by atoms with Gasteiger partial charge in [0.1, 0.15) is 11.2 Å². The van der Waals surface area contributed by atoms with Gasteiger partial charge in [-0.05, 0) is 39.9 Å². The SMILES string of the molecule is c1ccc(-c2ccc(-c3ccc(-c4cccc5c4oc4cc(-c6nc(-c7ccccc7)nc(-c7ccccc7)n6)ccc45)cc3)cc2)cc1. The molecule has 0 aliphatic heterocycles. The van der Waals surface area contributed by atoms with Gasteiger partial charge in [0.15, 0.2) is 17.5 Å². The lowest BCUT2D eigenvalue weighted by Gasteiger charge is -2.08. The van der Waals surface area contributed by atoms with Crippen molar-refractivity contribution in [3.05, 3.63) is 176 Å². The zero-order chi connectivity index (χ0) is 32.6. The van der Waals surface area contributed by atoms with E-state index < -0.39 is 0 Å². The van der Waals surface area contributed by atoms with Crippen molar-refractivity contribution in [2.45, 2.75) is 0 Å². The molecule has 9 aromatic rings. The molecule has 0 saturated carbocycles. The minimum absolute atomic E-state index is 0.600. The Bertz CT molecular complexity index is 2500. The summed E-state index contributed by atoms with van der Waals surface area (Å²) in [5.74, 6) is 1.86. The molecular formula is C45H29N3O. The highest BCUT2D eigenvalue weighted by atomic mass is 16.3. The highest BCUT2D eigenvalue weighted by molar-refractivity contribution is 6.10. The minimum Gasteiger partial charge on any atom is -0.455 e. The number of para-hydroxylation sites is 1. The average molecular weight is 628 g/mol. The second kappa shape index (κ2) is 12.2. The van der Waals surface area contributed by atoms with E-state index in [2.05, 4.69) is 103 Å². The maximum atomic E-state index is 6.63. The number of furan rings is 1. The zero-order valence-corrected chi connectivity index (χ0v) is 26.5. The molecule has 0 bridgehead atoms. The fraction of sp³-hybridized carbons (Fsp3) is 0. The normalized spacial score (nSPS) is 11.3. The molecule has 0 aliphatic rings. The summed E-state index contributed by atoms with van der Waals surface area (Å²) in [6, 6.07) is 60.5. The van der Waals surface area contributed by atoms with E-state index in [1.165, 1.54) is 22.3 Å². The third kappa shape index (κ3) is 5.45. The molecule has 0 radical (unpaired) electrons. The van der Waals surface area contributed by atoms with Crippen LogP contribution >= 0.6 is 0 Å². The van der Waals surface area contributed by atoms with Gasteiger partial charge in [-0.15, -0.1) is 0 Å². The van der Waals surface area contributed by atoms with Crippen molar-refractivity contribution in [3.8, 4) is 67.5 Å². The summed E-state index contributed by atoms with van der Waals surface area (Å²) in [5.41, 5.74) is 11.3. The largest absolute Gasteiger partial charge is 0.455 e. The Morgan fingerprint density at radius 1 is 0.306 bits per heavy atom. The van der Waals surface area contributed by atoms with Crippen molar-refractivity contribution < 1.29 is 4.42 Å². The monoisotopic (exact) mass is 627 g/mol. The molecule has 0 spiro atoms. The van der Waals surface area contributed by atoms with E-state index >= 15 is 0 Å². The van der Waals surface area contributed by atoms with Crippen LogP contribution in [0.5, 0.6) is 0 Å². The molecule has 4 heteroatoms. The van der Waals surface area contributed by atoms with Crippen molar-refractivity contribution >= 4 is 21.9 Å². The summed E-state index contributed by atoms with van der Waals surface area (Å²) in [6.45, 7) is 0. The van der Waals surface area contributed by atoms with E-state index in [-0.39, 0.29) is 0 Å². The van der Waals surface area contributed by atoms with Gasteiger partial charge in [0, 0.05) is 33.0 Å². The molecule has 2 heterocycles. The van der Waals surface area contributed by atoms with Crippen LogP contribution < -0.4 is 0 Å². The fourth-order valence-electron chi connectivity index (χ4n) is 6.43. The Hall–Kier alpha value is -6.65. The van der Waals surface area contributed by atoms with E-state index in [0.29, 0.717) is 17.5 Å². The van der Waals surface area contributed by atoms with Gasteiger partial charge < -0.3 is 4.42 Å². The van der Waals surface area contributed by atoms with Crippen molar-refractivity contribution in [1.29, 1.82) is 0 Å². The summed E-state index contributed by atoms with van der Waals surface area (Å²) < 4.78 is 6.63. The summed E-state index contributed by atoms with van der Waals surface area (Å²) in [6.07, 6.45) is 0. The van der Waals surface area contributed by atoms with Crippen molar-refractivity contribution in [1.82, 2.24) is 15.0 Å². The number of benzene rings is 7. The molecule has 230 valence electrons. The lowest BCUT2D eigenvalue weighted by atomic mass is 9.97. The van der Waals surface area contributed by atoms with Crippen LogP contribution in [0.4, 0.5) is 0 Å². The van der Waals surface area contributed by atoms with Crippen LogP contribution in [0.25, 0.3) is 89.5 Å². The van der Waals surface area contributed by atoms with Crippen LogP contribution in [0.3, 0.4) is 0 Å². The number of rotatable bonds is 6. The van der Waals surface area contributed by atoms with Crippen LogP contribution in [-0.4, -0.2) is 15.0 Å². The maximum Gasteiger partial charge on any atom is 0.164 e. The van der Waals surface area contributed by atoms with E-state index in [0.717, 1.165) is 49.8 Å². The highest BCUT2D eigenvalue weighted by Gasteiger charge is 2.16. The summed E-state index contributed by atoms with van der Waals surface area (Å²) in [5, 5.41) is 2.13. The number of hydrogen-bond acceptors (Lipinski definition) is 4.